The van der Waals surface area contributed by atoms with Gasteiger partial charge in [0, 0.05) is 12.3 Å². The van der Waals surface area contributed by atoms with E-state index in [4.69, 9.17) is 0 Å². The van der Waals surface area contributed by atoms with Gasteiger partial charge >= 0.3 is 0 Å². The highest BCUT2D eigenvalue weighted by molar-refractivity contribution is 6.04. The Morgan fingerprint density at radius 3 is 2.82 bits per heavy atom. The lowest BCUT2D eigenvalue weighted by molar-refractivity contribution is 0.102. The summed E-state index contributed by atoms with van der Waals surface area (Å²) in [5.74, 6) is -2.00. The number of rotatable bonds is 3. The van der Waals surface area contributed by atoms with Gasteiger partial charge in [0.1, 0.15) is 23.0 Å². The second-order valence-corrected chi connectivity index (χ2v) is 4.77. The number of nitrogens with one attached hydrogen (secondary N) is 1. The Kier molecular flexibility index (Phi) is 3.58. The Morgan fingerprint density at radius 1 is 1.27 bits per heavy atom. The number of carbonyl (C=O) groups excluding carboxylic acids is 1. The molecule has 0 aliphatic rings. The molecule has 0 atom stereocenters. The van der Waals surface area contributed by atoms with E-state index in [2.05, 4.69) is 10.3 Å². The first kappa shape index (κ1) is 14.2. The Bertz CT molecular complexity index is 858. The number of pyridine rings is 1. The Hall–Kier alpha value is -2.76. The topological polar surface area (TPSA) is 46.4 Å². The summed E-state index contributed by atoms with van der Waals surface area (Å²) in [5.41, 5.74) is 1.54. The predicted octanol–water partition coefficient (Wildman–Crippen LogP) is 3.43. The molecule has 1 amide bonds. The van der Waals surface area contributed by atoms with Crippen molar-refractivity contribution < 1.29 is 13.6 Å². The molecule has 2 heterocycles. The molecular weight excluding hydrogens is 288 g/mol. The van der Waals surface area contributed by atoms with Gasteiger partial charge in [0.05, 0.1) is 11.4 Å². The largest absolute Gasteiger partial charge is 0.318 e. The van der Waals surface area contributed by atoms with Crippen LogP contribution in [0.15, 0.2) is 42.6 Å². The average molecular weight is 301 g/mol. The lowest BCUT2D eigenvalue weighted by Gasteiger charge is -2.07. The van der Waals surface area contributed by atoms with Crippen molar-refractivity contribution in [3.8, 4) is 0 Å². The molecule has 0 saturated heterocycles. The Morgan fingerprint density at radius 2 is 2.09 bits per heavy atom. The average Bonchev–Trinajstić information content (AvgIpc) is 2.88. The van der Waals surface area contributed by atoms with Crippen molar-refractivity contribution in [2.24, 2.45) is 0 Å². The maximum atomic E-state index is 13.7. The van der Waals surface area contributed by atoms with Crippen LogP contribution in [0.25, 0.3) is 5.65 Å². The lowest BCUT2D eigenvalue weighted by Crippen LogP contribution is -2.17. The summed E-state index contributed by atoms with van der Waals surface area (Å²) in [6.45, 7) is 1.89. The summed E-state index contributed by atoms with van der Waals surface area (Å²) < 4.78 is 28.2. The number of hydrogen-bond donors (Lipinski definition) is 1. The van der Waals surface area contributed by atoms with E-state index in [1.807, 2.05) is 13.0 Å². The maximum Gasteiger partial charge on any atom is 0.274 e. The zero-order chi connectivity index (χ0) is 15.7. The van der Waals surface area contributed by atoms with Gasteiger partial charge in [-0.15, -0.1) is 0 Å². The number of hydrogen-bond acceptors (Lipinski definition) is 2. The lowest BCUT2D eigenvalue weighted by atomic mass is 10.2. The van der Waals surface area contributed by atoms with Gasteiger partial charge in [-0.1, -0.05) is 13.0 Å². The van der Waals surface area contributed by atoms with E-state index in [1.54, 1.807) is 22.7 Å². The van der Waals surface area contributed by atoms with E-state index < -0.39 is 17.5 Å². The fourth-order valence-electron chi connectivity index (χ4n) is 2.30. The molecule has 0 radical (unpaired) electrons. The SMILES string of the molecule is CCc1nc2ccccn2c1C(=O)Nc1ccc(F)cc1F. The molecule has 0 unspecified atom stereocenters. The van der Waals surface area contributed by atoms with E-state index in [1.165, 1.54) is 6.07 Å². The van der Waals surface area contributed by atoms with Gasteiger partial charge in [0.15, 0.2) is 0 Å². The molecule has 3 rings (SSSR count). The number of carbonyl (C=O) groups is 1. The van der Waals surface area contributed by atoms with Crippen LogP contribution < -0.4 is 5.32 Å². The summed E-state index contributed by atoms with van der Waals surface area (Å²) in [6.07, 6.45) is 2.29. The number of halogens is 2. The molecule has 6 heteroatoms. The zero-order valence-corrected chi connectivity index (χ0v) is 11.8. The van der Waals surface area contributed by atoms with Crippen molar-refractivity contribution in [2.75, 3.05) is 5.32 Å². The molecule has 2 aromatic heterocycles. The fraction of sp³-hybridized carbons (Fsp3) is 0.125. The number of aromatic nitrogens is 2. The second kappa shape index (κ2) is 5.55. The Balaban J connectivity index is 2.01. The summed E-state index contributed by atoms with van der Waals surface area (Å²) in [7, 11) is 0. The minimum absolute atomic E-state index is 0.0701. The third-order valence-corrected chi connectivity index (χ3v) is 3.33. The van der Waals surface area contributed by atoms with Crippen molar-refractivity contribution in [3.63, 3.8) is 0 Å². The van der Waals surface area contributed by atoms with E-state index >= 15 is 0 Å². The summed E-state index contributed by atoms with van der Waals surface area (Å²) in [6, 6.07) is 8.40. The monoisotopic (exact) mass is 301 g/mol. The number of aryl methyl sites for hydroxylation is 1. The third-order valence-electron chi connectivity index (χ3n) is 3.33. The molecule has 0 saturated carbocycles. The molecule has 0 fully saturated rings. The number of benzene rings is 1. The van der Waals surface area contributed by atoms with Gasteiger partial charge in [0.2, 0.25) is 0 Å². The molecular formula is C16H13F2N3O. The summed E-state index contributed by atoms with van der Waals surface area (Å²) in [4.78, 5) is 16.9. The molecule has 0 bridgehead atoms. The molecule has 0 spiro atoms. The molecule has 112 valence electrons. The van der Waals surface area contributed by atoms with Crippen LogP contribution in [0.5, 0.6) is 0 Å². The summed E-state index contributed by atoms with van der Waals surface area (Å²) in [5, 5.41) is 2.47. The van der Waals surface area contributed by atoms with Crippen LogP contribution in [0, 0.1) is 11.6 Å². The first-order valence-corrected chi connectivity index (χ1v) is 6.82. The van der Waals surface area contributed by atoms with Crippen molar-refractivity contribution in [2.45, 2.75) is 13.3 Å². The highest BCUT2D eigenvalue weighted by atomic mass is 19.1. The molecule has 0 aliphatic heterocycles. The van der Waals surface area contributed by atoms with E-state index in [0.717, 1.165) is 12.1 Å². The molecule has 22 heavy (non-hydrogen) atoms. The highest BCUT2D eigenvalue weighted by Gasteiger charge is 2.19. The highest BCUT2D eigenvalue weighted by Crippen LogP contribution is 2.19. The number of fused-ring (bicyclic) bond motifs is 1. The van der Waals surface area contributed by atoms with Crippen LogP contribution in [0.3, 0.4) is 0 Å². The third kappa shape index (κ3) is 2.43. The number of anilines is 1. The van der Waals surface area contributed by atoms with Gasteiger partial charge in [-0.05, 0) is 30.7 Å². The minimum Gasteiger partial charge on any atom is -0.318 e. The smallest absolute Gasteiger partial charge is 0.274 e. The zero-order valence-electron chi connectivity index (χ0n) is 11.8. The number of amides is 1. The van der Waals surface area contributed by atoms with Gasteiger partial charge in [-0.2, -0.15) is 0 Å². The minimum atomic E-state index is -0.819. The molecule has 1 aromatic carbocycles. The first-order valence-electron chi connectivity index (χ1n) is 6.82. The predicted molar refractivity (Wildman–Crippen MR) is 78.9 cm³/mol. The van der Waals surface area contributed by atoms with E-state index in [0.29, 0.717) is 23.5 Å². The van der Waals surface area contributed by atoms with Crippen LogP contribution in [0.1, 0.15) is 23.1 Å². The molecule has 0 aliphatic carbocycles. The molecule has 4 nitrogen and oxygen atoms in total. The number of imidazole rings is 1. The second-order valence-electron chi connectivity index (χ2n) is 4.77. The standard InChI is InChI=1S/C16H13F2N3O/c1-2-12-15(21-8-4-3-5-14(21)19-12)16(22)20-13-7-6-10(17)9-11(13)18/h3-9H,2H2,1H3,(H,20,22). The van der Waals surface area contributed by atoms with Gasteiger partial charge in [0.25, 0.3) is 5.91 Å². The summed E-state index contributed by atoms with van der Waals surface area (Å²) >= 11 is 0. The fourth-order valence-corrected chi connectivity index (χ4v) is 2.30. The quantitative estimate of drug-likeness (QED) is 0.805. The van der Waals surface area contributed by atoms with Gasteiger partial charge in [-0.25, -0.2) is 13.8 Å². The van der Waals surface area contributed by atoms with Crippen molar-refractivity contribution in [1.29, 1.82) is 0 Å². The van der Waals surface area contributed by atoms with Crippen molar-refractivity contribution >= 4 is 17.2 Å². The van der Waals surface area contributed by atoms with Crippen molar-refractivity contribution in [1.82, 2.24) is 9.38 Å². The normalized spacial score (nSPS) is 10.9. The van der Waals surface area contributed by atoms with Gasteiger partial charge < -0.3 is 5.32 Å². The van der Waals surface area contributed by atoms with Gasteiger partial charge in [-0.3, -0.25) is 9.20 Å². The van der Waals surface area contributed by atoms with Crippen LogP contribution >= 0.6 is 0 Å². The van der Waals surface area contributed by atoms with Crippen LogP contribution in [0.2, 0.25) is 0 Å². The number of nitrogens with zero attached hydrogens (tertiary/aromatic N) is 2. The first-order chi connectivity index (χ1) is 10.6. The molecule has 3 aromatic rings. The Labute approximate surface area is 125 Å². The van der Waals surface area contributed by atoms with Crippen LogP contribution in [0.4, 0.5) is 14.5 Å². The van der Waals surface area contributed by atoms with Crippen LogP contribution in [-0.2, 0) is 6.42 Å². The van der Waals surface area contributed by atoms with E-state index in [-0.39, 0.29) is 5.69 Å². The maximum absolute atomic E-state index is 13.7. The van der Waals surface area contributed by atoms with E-state index in [9.17, 15) is 13.6 Å². The van der Waals surface area contributed by atoms with Crippen molar-refractivity contribution in [3.05, 3.63) is 65.6 Å². The molecule has 1 N–H and O–H groups in total. The van der Waals surface area contributed by atoms with Crippen LogP contribution in [-0.4, -0.2) is 15.3 Å².